The molecule has 0 bridgehead atoms. The maximum atomic E-state index is 13.0. The molecule has 0 spiro atoms. The molecular weight excluding hydrogens is 445 g/mol. The van der Waals surface area contributed by atoms with Gasteiger partial charge in [0.15, 0.2) is 11.5 Å². The Balaban J connectivity index is 2.26. The highest BCUT2D eigenvalue weighted by molar-refractivity contribution is 6.32. The van der Waals surface area contributed by atoms with Crippen molar-refractivity contribution in [2.24, 2.45) is 0 Å². The predicted octanol–water partition coefficient (Wildman–Crippen LogP) is 5.61. The lowest BCUT2D eigenvalue weighted by Crippen LogP contribution is -2.37. The molecule has 0 N–H and O–H groups in total. The minimum Gasteiger partial charge on any atom is -0.493 e. The van der Waals surface area contributed by atoms with Gasteiger partial charge in [-0.25, -0.2) is 0 Å². The second-order valence-corrected chi connectivity index (χ2v) is 7.56. The van der Waals surface area contributed by atoms with Gasteiger partial charge in [0.1, 0.15) is 6.54 Å². The number of methoxy groups -OCH3 is 1. The normalized spacial score (nSPS) is 11.5. The van der Waals surface area contributed by atoms with Crippen LogP contribution in [0.2, 0.25) is 5.02 Å². The zero-order valence-corrected chi connectivity index (χ0v) is 18.5. The van der Waals surface area contributed by atoms with Gasteiger partial charge in [-0.3, -0.25) is 4.79 Å². The van der Waals surface area contributed by atoms with Crippen molar-refractivity contribution >= 4 is 23.6 Å². The molecule has 0 radical (unpaired) electrons. The van der Waals surface area contributed by atoms with Crippen molar-refractivity contribution in [2.45, 2.75) is 32.7 Å². The predicted molar refractivity (Wildman–Crippen MR) is 115 cm³/mol. The lowest BCUT2D eigenvalue weighted by Gasteiger charge is -2.23. The molecule has 1 amide bonds. The van der Waals surface area contributed by atoms with Crippen molar-refractivity contribution < 1.29 is 27.4 Å². The monoisotopic (exact) mass is 466 g/mol. The molecule has 0 saturated carbocycles. The molecule has 5 nitrogen and oxygen atoms in total. The van der Waals surface area contributed by atoms with Crippen LogP contribution in [-0.2, 0) is 11.3 Å². The Morgan fingerprint density at radius 3 is 2.44 bits per heavy atom. The zero-order chi connectivity index (χ0) is 23.9. The minimum atomic E-state index is -4.57. The highest BCUT2D eigenvalue weighted by Gasteiger charge is 2.32. The molecule has 0 heterocycles. The number of hydrogen-bond donors (Lipinski definition) is 0. The molecule has 9 heteroatoms. The van der Waals surface area contributed by atoms with E-state index in [2.05, 4.69) is 0 Å². The highest BCUT2D eigenvalue weighted by Crippen LogP contribution is 2.37. The first-order valence-corrected chi connectivity index (χ1v) is 9.97. The first-order valence-electron chi connectivity index (χ1n) is 9.59. The van der Waals surface area contributed by atoms with Gasteiger partial charge in [-0.15, -0.1) is 0 Å². The Kier molecular flexibility index (Phi) is 8.56. The van der Waals surface area contributed by atoms with Crippen LogP contribution in [0.1, 0.15) is 30.5 Å². The van der Waals surface area contributed by atoms with Gasteiger partial charge in [0, 0.05) is 12.6 Å². The first-order chi connectivity index (χ1) is 15.0. The second-order valence-electron chi connectivity index (χ2n) is 7.15. The number of nitrogens with zero attached hydrogens (tertiary/aromatic N) is 2. The van der Waals surface area contributed by atoms with Crippen molar-refractivity contribution in [3.8, 4) is 17.6 Å². The summed E-state index contributed by atoms with van der Waals surface area (Å²) in [6.07, 6.45) is -2.32. The van der Waals surface area contributed by atoms with E-state index < -0.39 is 18.6 Å². The average molecular weight is 467 g/mol. The number of alkyl halides is 3. The number of nitriles is 1. The molecule has 0 aliphatic heterocycles. The van der Waals surface area contributed by atoms with Gasteiger partial charge in [0.05, 0.1) is 29.9 Å². The van der Waals surface area contributed by atoms with Gasteiger partial charge < -0.3 is 14.4 Å². The SMILES string of the molecule is COc1cc(/C=C/C(=O)N(Cc2ccc(C#N)cc2)CC(F)(F)F)cc(Cl)c1OC(C)C. The number of benzene rings is 2. The van der Waals surface area contributed by atoms with Crippen LogP contribution in [0.5, 0.6) is 11.5 Å². The molecule has 0 atom stereocenters. The molecule has 170 valence electrons. The van der Waals surface area contributed by atoms with E-state index in [-0.39, 0.29) is 17.7 Å². The molecule has 0 aromatic heterocycles. The summed E-state index contributed by atoms with van der Waals surface area (Å²) in [7, 11) is 1.43. The molecule has 0 aliphatic carbocycles. The lowest BCUT2D eigenvalue weighted by atomic mass is 10.1. The van der Waals surface area contributed by atoms with Gasteiger partial charge in [-0.05, 0) is 55.3 Å². The van der Waals surface area contributed by atoms with E-state index in [4.69, 9.17) is 26.3 Å². The van der Waals surface area contributed by atoms with E-state index in [0.717, 1.165) is 6.08 Å². The molecule has 2 aromatic carbocycles. The van der Waals surface area contributed by atoms with E-state index in [0.29, 0.717) is 33.1 Å². The third-order valence-electron chi connectivity index (χ3n) is 4.16. The number of carbonyl (C=O) groups excluding carboxylic acids is 1. The fourth-order valence-corrected chi connectivity index (χ4v) is 3.06. The summed E-state index contributed by atoms with van der Waals surface area (Å²) in [6.45, 7) is 1.97. The molecular formula is C23H22ClF3N2O3. The Labute approximate surface area is 189 Å². The van der Waals surface area contributed by atoms with Crippen LogP contribution < -0.4 is 9.47 Å². The Morgan fingerprint density at radius 1 is 1.25 bits per heavy atom. The van der Waals surface area contributed by atoms with E-state index in [1.54, 1.807) is 6.07 Å². The van der Waals surface area contributed by atoms with E-state index >= 15 is 0 Å². The van der Waals surface area contributed by atoms with Crippen molar-refractivity contribution in [1.29, 1.82) is 5.26 Å². The largest absolute Gasteiger partial charge is 0.493 e. The number of amides is 1. The van der Waals surface area contributed by atoms with Crippen LogP contribution in [0, 0.1) is 11.3 Å². The summed E-state index contributed by atoms with van der Waals surface area (Å²) in [5.41, 5.74) is 1.30. The summed E-state index contributed by atoms with van der Waals surface area (Å²) >= 11 is 6.25. The number of carbonyl (C=O) groups is 1. The number of hydrogen-bond acceptors (Lipinski definition) is 4. The van der Waals surface area contributed by atoms with Crippen LogP contribution in [0.25, 0.3) is 6.08 Å². The summed E-state index contributed by atoms with van der Waals surface area (Å²) in [5.74, 6) is -0.153. The van der Waals surface area contributed by atoms with E-state index in [1.165, 1.54) is 43.5 Å². The van der Waals surface area contributed by atoms with Crippen molar-refractivity contribution in [1.82, 2.24) is 4.90 Å². The number of ether oxygens (including phenoxy) is 2. The van der Waals surface area contributed by atoms with Crippen LogP contribution in [0.3, 0.4) is 0 Å². The molecule has 2 aromatic rings. The van der Waals surface area contributed by atoms with Gasteiger partial charge in [-0.1, -0.05) is 23.7 Å². The van der Waals surface area contributed by atoms with Crippen molar-refractivity contribution in [3.05, 3.63) is 64.2 Å². The fraction of sp³-hybridized carbons (Fsp3) is 0.304. The lowest BCUT2D eigenvalue weighted by molar-refractivity contribution is -0.159. The van der Waals surface area contributed by atoms with Gasteiger partial charge in [0.2, 0.25) is 5.91 Å². The highest BCUT2D eigenvalue weighted by atomic mass is 35.5. The van der Waals surface area contributed by atoms with Gasteiger partial charge in [-0.2, -0.15) is 18.4 Å². The molecule has 0 fully saturated rings. The third-order valence-corrected chi connectivity index (χ3v) is 4.44. The number of rotatable bonds is 8. The molecule has 0 unspecified atom stereocenters. The van der Waals surface area contributed by atoms with Crippen LogP contribution in [0.15, 0.2) is 42.5 Å². The van der Waals surface area contributed by atoms with E-state index in [9.17, 15) is 18.0 Å². The fourth-order valence-electron chi connectivity index (χ4n) is 2.79. The molecule has 0 saturated heterocycles. The molecule has 2 rings (SSSR count). The second kappa shape index (κ2) is 10.9. The van der Waals surface area contributed by atoms with Crippen molar-refractivity contribution in [2.75, 3.05) is 13.7 Å². The molecule has 32 heavy (non-hydrogen) atoms. The maximum Gasteiger partial charge on any atom is 0.406 e. The third kappa shape index (κ3) is 7.50. The molecule has 0 aliphatic rings. The number of halogens is 4. The smallest absolute Gasteiger partial charge is 0.406 e. The van der Waals surface area contributed by atoms with Gasteiger partial charge in [0.25, 0.3) is 0 Å². The Morgan fingerprint density at radius 2 is 1.91 bits per heavy atom. The van der Waals surface area contributed by atoms with Crippen LogP contribution in [-0.4, -0.2) is 36.7 Å². The first kappa shape index (κ1) is 25.1. The quantitative estimate of drug-likeness (QED) is 0.474. The summed E-state index contributed by atoms with van der Waals surface area (Å²) in [4.78, 5) is 13.2. The van der Waals surface area contributed by atoms with Gasteiger partial charge >= 0.3 is 6.18 Å². The topological polar surface area (TPSA) is 62.6 Å². The summed E-state index contributed by atoms with van der Waals surface area (Å²) < 4.78 is 50.0. The Hall–Kier alpha value is -3.18. The zero-order valence-electron chi connectivity index (χ0n) is 17.7. The standard InChI is InChI=1S/C23H22ClF3N2O3/c1-15(2)32-22-19(24)10-18(11-20(22)31-3)8-9-21(30)29(14-23(25,26)27)13-17-6-4-16(12-28)5-7-17/h4-11,15H,13-14H2,1-3H3/b9-8+. The van der Waals surface area contributed by atoms with E-state index in [1.807, 2.05) is 19.9 Å². The average Bonchev–Trinajstić information content (AvgIpc) is 2.72. The Bertz CT molecular complexity index is 1010. The minimum absolute atomic E-state index is 0.150. The van der Waals surface area contributed by atoms with Crippen LogP contribution in [0.4, 0.5) is 13.2 Å². The summed E-state index contributed by atoms with van der Waals surface area (Å²) in [5, 5.41) is 9.09. The van der Waals surface area contributed by atoms with Crippen molar-refractivity contribution in [3.63, 3.8) is 0 Å². The van der Waals surface area contributed by atoms with Crippen LogP contribution >= 0.6 is 11.6 Å². The maximum absolute atomic E-state index is 13.0. The summed E-state index contributed by atoms with van der Waals surface area (Å²) in [6, 6.07) is 11.0.